The van der Waals surface area contributed by atoms with Gasteiger partial charge < -0.3 is 4.90 Å². The van der Waals surface area contributed by atoms with Crippen LogP contribution in [-0.2, 0) is 7.05 Å². The lowest BCUT2D eigenvalue weighted by molar-refractivity contribution is 0.394. The minimum Gasteiger partial charge on any atom is -0.355 e. The monoisotopic (exact) mass is 433 g/mol. The third-order valence-corrected chi connectivity index (χ3v) is 6.80. The summed E-state index contributed by atoms with van der Waals surface area (Å²) in [5.41, 5.74) is 3.79. The minimum absolute atomic E-state index is 0.0701. The molecule has 1 aromatic carbocycles. The summed E-state index contributed by atoms with van der Waals surface area (Å²) in [4.78, 5) is 29.6. The van der Waals surface area contributed by atoms with Gasteiger partial charge in [-0.25, -0.2) is 14.2 Å². The van der Waals surface area contributed by atoms with E-state index in [-0.39, 0.29) is 17.5 Å². The Labute approximate surface area is 183 Å². The van der Waals surface area contributed by atoms with Gasteiger partial charge >= 0.3 is 5.69 Å². The lowest BCUT2D eigenvalue weighted by Gasteiger charge is -2.32. The van der Waals surface area contributed by atoms with E-state index in [0.29, 0.717) is 22.6 Å². The van der Waals surface area contributed by atoms with Gasteiger partial charge in [-0.15, -0.1) is 0 Å². The molecule has 0 N–H and O–H groups in total. The van der Waals surface area contributed by atoms with Gasteiger partial charge in [0.25, 0.3) is 0 Å². The summed E-state index contributed by atoms with van der Waals surface area (Å²) in [5.74, 6) is 0.794. The Bertz CT molecular complexity index is 1430. The number of anilines is 1. The lowest BCUT2D eigenvalue weighted by atomic mass is 9.92. The average molecular weight is 433 g/mol. The highest BCUT2D eigenvalue weighted by Crippen LogP contribution is 2.34. The summed E-state index contributed by atoms with van der Waals surface area (Å²) in [6, 6.07) is 4.54. The molecule has 8 nitrogen and oxygen atoms in total. The lowest BCUT2D eigenvalue weighted by Crippen LogP contribution is -2.38. The Kier molecular flexibility index (Phi) is 4.21. The molecule has 4 aromatic rings. The molecule has 1 aliphatic heterocycles. The Morgan fingerprint density at radius 1 is 1.16 bits per heavy atom. The van der Waals surface area contributed by atoms with Gasteiger partial charge in [0.05, 0.1) is 11.0 Å². The number of hydrogen-bond acceptors (Lipinski definition) is 5. The summed E-state index contributed by atoms with van der Waals surface area (Å²) in [5, 5.41) is 0. The van der Waals surface area contributed by atoms with Crippen LogP contribution < -0.4 is 10.6 Å². The van der Waals surface area contributed by atoms with Crippen molar-refractivity contribution in [1.82, 2.24) is 28.7 Å². The Hall–Kier alpha value is -3.49. The first-order chi connectivity index (χ1) is 15.5. The smallest absolute Gasteiger partial charge is 0.330 e. The highest BCUT2D eigenvalue weighted by Gasteiger charge is 2.29. The van der Waals surface area contributed by atoms with Gasteiger partial charge in [0.1, 0.15) is 17.7 Å². The molecule has 0 spiro atoms. The van der Waals surface area contributed by atoms with Gasteiger partial charge in [-0.1, -0.05) is 12.2 Å². The number of benzene rings is 1. The maximum atomic E-state index is 14.0. The number of rotatable bonds is 3. The maximum absolute atomic E-state index is 14.0. The summed E-state index contributed by atoms with van der Waals surface area (Å²) < 4.78 is 19.2. The first-order valence-electron chi connectivity index (χ1n) is 11.0. The molecule has 6 rings (SSSR count). The van der Waals surface area contributed by atoms with Gasteiger partial charge in [0, 0.05) is 32.2 Å². The molecule has 2 fully saturated rings. The number of imidazole rings is 2. The van der Waals surface area contributed by atoms with E-state index in [2.05, 4.69) is 16.5 Å². The van der Waals surface area contributed by atoms with E-state index in [9.17, 15) is 9.18 Å². The van der Waals surface area contributed by atoms with Crippen molar-refractivity contribution < 1.29 is 4.39 Å². The molecule has 0 radical (unpaired) electrons. The largest absolute Gasteiger partial charge is 0.355 e. The average Bonchev–Trinajstić information content (AvgIpc) is 3.26. The van der Waals surface area contributed by atoms with Crippen molar-refractivity contribution in [2.45, 2.75) is 38.1 Å². The minimum atomic E-state index is -0.345. The van der Waals surface area contributed by atoms with Crippen LogP contribution in [0.2, 0.25) is 0 Å². The second-order valence-electron chi connectivity index (χ2n) is 8.80. The van der Waals surface area contributed by atoms with Crippen LogP contribution in [0, 0.1) is 5.82 Å². The molecule has 1 saturated carbocycles. The SMILES string of the molecule is C=C1CCC(n2c(=O)n(C)c3c(N4CCC4)nc(-n4cnc5ccc(F)cc54)nc32)CC1. The Balaban J connectivity index is 1.62. The normalized spacial score (nSPS) is 17.4. The summed E-state index contributed by atoms with van der Waals surface area (Å²) in [7, 11) is 1.79. The summed E-state index contributed by atoms with van der Waals surface area (Å²) in [6.07, 6.45) is 6.26. The van der Waals surface area contributed by atoms with Crippen LogP contribution in [0.4, 0.5) is 10.2 Å². The quantitative estimate of drug-likeness (QED) is 0.463. The van der Waals surface area contributed by atoms with Crippen LogP contribution in [0.15, 0.2) is 41.5 Å². The topological polar surface area (TPSA) is 73.8 Å². The number of nitrogens with zero attached hydrogens (tertiary/aromatic N) is 7. The number of fused-ring (bicyclic) bond motifs is 2. The van der Waals surface area contributed by atoms with Gasteiger partial charge in [-0.05, 0) is 44.2 Å². The van der Waals surface area contributed by atoms with Crippen molar-refractivity contribution in [1.29, 1.82) is 0 Å². The molecule has 0 atom stereocenters. The molecule has 0 amide bonds. The molecule has 0 unspecified atom stereocenters. The maximum Gasteiger partial charge on any atom is 0.330 e. The standard InChI is InChI=1S/C23H24FN7O/c1-14-4-7-16(8-5-14)31-21-19(28(2)23(31)32)20(29-10-3-11-29)26-22(27-21)30-13-25-17-9-6-15(24)12-18(17)30/h6,9,12-13,16H,1,3-5,7-8,10-11H2,2H3. The summed E-state index contributed by atoms with van der Waals surface area (Å²) in [6.45, 7) is 5.87. The fourth-order valence-corrected chi connectivity index (χ4v) is 4.83. The zero-order chi connectivity index (χ0) is 22.0. The molecular formula is C23H24FN7O. The molecule has 4 heterocycles. The molecule has 0 bridgehead atoms. The van der Waals surface area contributed by atoms with Gasteiger partial charge in [0.2, 0.25) is 5.95 Å². The Morgan fingerprint density at radius 3 is 2.66 bits per heavy atom. The zero-order valence-corrected chi connectivity index (χ0v) is 18.0. The van der Waals surface area contributed by atoms with Gasteiger partial charge in [-0.3, -0.25) is 13.7 Å². The van der Waals surface area contributed by atoms with Gasteiger partial charge in [-0.2, -0.15) is 9.97 Å². The Morgan fingerprint density at radius 2 is 1.94 bits per heavy atom. The van der Waals surface area contributed by atoms with Crippen LogP contribution in [0.5, 0.6) is 0 Å². The van der Waals surface area contributed by atoms with E-state index in [1.165, 1.54) is 17.7 Å². The third-order valence-electron chi connectivity index (χ3n) is 6.80. The molecule has 2 aliphatic rings. The molecule has 3 aromatic heterocycles. The van der Waals surface area contributed by atoms with Crippen molar-refractivity contribution in [3.63, 3.8) is 0 Å². The van der Waals surface area contributed by atoms with E-state index < -0.39 is 0 Å². The van der Waals surface area contributed by atoms with Crippen molar-refractivity contribution >= 4 is 28.0 Å². The highest BCUT2D eigenvalue weighted by atomic mass is 19.1. The predicted molar refractivity (Wildman–Crippen MR) is 121 cm³/mol. The number of allylic oxidation sites excluding steroid dienone is 1. The van der Waals surface area contributed by atoms with Crippen molar-refractivity contribution in [3.05, 3.63) is 53.0 Å². The number of halogens is 1. The fraction of sp³-hybridized carbons (Fsp3) is 0.391. The van der Waals surface area contributed by atoms with E-state index >= 15 is 0 Å². The molecule has 164 valence electrons. The number of aryl methyl sites for hydroxylation is 1. The van der Waals surface area contributed by atoms with Crippen LogP contribution in [-0.4, -0.2) is 41.7 Å². The van der Waals surface area contributed by atoms with E-state index in [4.69, 9.17) is 9.97 Å². The molecule has 32 heavy (non-hydrogen) atoms. The first-order valence-corrected chi connectivity index (χ1v) is 11.0. The molecule has 1 saturated heterocycles. The van der Waals surface area contributed by atoms with Crippen molar-refractivity contribution in [2.24, 2.45) is 7.05 Å². The van der Waals surface area contributed by atoms with E-state index in [1.807, 2.05) is 4.57 Å². The van der Waals surface area contributed by atoms with E-state index in [0.717, 1.165) is 56.5 Å². The van der Waals surface area contributed by atoms with Crippen LogP contribution in [0.1, 0.15) is 38.1 Å². The molecular weight excluding hydrogens is 409 g/mol. The highest BCUT2D eigenvalue weighted by molar-refractivity contribution is 5.86. The third kappa shape index (κ3) is 2.80. The van der Waals surface area contributed by atoms with E-state index in [1.54, 1.807) is 28.6 Å². The first kappa shape index (κ1) is 19.2. The van der Waals surface area contributed by atoms with Crippen molar-refractivity contribution in [2.75, 3.05) is 18.0 Å². The predicted octanol–water partition coefficient (Wildman–Crippen LogP) is 3.49. The second-order valence-corrected chi connectivity index (χ2v) is 8.80. The molecule has 1 aliphatic carbocycles. The van der Waals surface area contributed by atoms with Crippen LogP contribution in [0.25, 0.3) is 28.1 Å². The van der Waals surface area contributed by atoms with Crippen LogP contribution in [0.3, 0.4) is 0 Å². The van der Waals surface area contributed by atoms with Gasteiger partial charge in [0.15, 0.2) is 11.5 Å². The van der Waals surface area contributed by atoms with Crippen molar-refractivity contribution in [3.8, 4) is 5.95 Å². The summed E-state index contributed by atoms with van der Waals surface area (Å²) >= 11 is 0. The number of hydrogen-bond donors (Lipinski definition) is 0. The zero-order valence-electron chi connectivity index (χ0n) is 18.0. The van der Waals surface area contributed by atoms with Crippen LogP contribution >= 0.6 is 0 Å². The number of aromatic nitrogens is 6. The second kappa shape index (κ2) is 7.01. The fourth-order valence-electron chi connectivity index (χ4n) is 4.83. The molecule has 9 heteroatoms.